The predicted molar refractivity (Wildman–Crippen MR) is 145 cm³/mol. The Morgan fingerprint density at radius 2 is 1.78 bits per heavy atom. The lowest BCUT2D eigenvalue weighted by Gasteiger charge is -2.29. The second-order valence-electron chi connectivity index (χ2n) is 9.06. The van der Waals surface area contributed by atoms with Gasteiger partial charge in [-0.1, -0.05) is 23.7 Å². The van der Waals surface area contributed by atoms with Crippen LogP contribution in [0.4, 0.5) is 5.69 Å². The topological polar surface area (TPSA) is 51.6 Å². The van der Waals surface area contributed by atoms with Crippen LogP contribution in [-0.4, -0.2) is 21.5 Å². The molecule has 1 fully saturated rings. The normalized spacial score (nSPS) is 18.6. The third-order valence-electron chi connectivity index (χ3n) is 7.10. The van der Waals surface area contributed by atoms with Gasteiger partial charge in [-0.3, -0.25) is 4.98 Å². The lowest BCUT2D eigenvalue weighted by molar-refractivity contribution is 0.174. The smallest absolute Gasteiger partial charge is 0.231 e. The molecule has 2 atom stereocenters. The average Bonchev–Trinajstić information content (AvgIpc) is 3.54. The molecule has 2 aliphatic rings. The van der Waals surface area contributed by atoms with Crippen LogP contribution in [-0.2, 0) is 0 Å². The van der Waals surface area contributed by atoms with Gasteiger partial charge in [0.05, 0.1) is 17.8 Å². The van der Waals surface area contributed by atoms with Gasteiger partial charge in [0.2, 0.25) is 6.79 Å². The molecule has 182 valence electrons. The summed E-state index contributed by atoms with van der Waals surface area (Å²) in [6, 6.07) is 19.6. The largest absolute Gasteiger partial charge is 0.454 e. The Balaban J connectivity index is 1.55. The second-order valence-corrected chi connectivity index (χ2v) is 9.88. The zero-order valence-corrected chi connectivity index (χ0v) is 21.7. The molecule has 8 heteroatoms. The molecule has 0 bridgehead atoms. The van der Waals surface area contributed by atoms with Crippen LogP contribution in [0.5, 0.6) is 11.5 Å². The minimum atomic E-state index is -0.142. The van der Waals surface area contributed by atoms with Crippen LogP contribution >= 0.6 is 23.8 Å². The van der Waals surface area contributed by atoms with Gasteiger partial charge in [0.15, 0.2) is 16.6 Å². The van der Waals surface area contributed by atoms with E-state index in [2.05, 4.69) is 41.6 Å². The lowest BCUT2D eigenvalue weighted by Crippen LogP contribution is -2.29. The molecule has 0 saturated carbocycles. The Kier molecular flexibility index (Phi) is 5.62. The van der Waals surface area contributed by atoms with Gasteiger partial charge in [0, 0.05) is 45.6 Å². The first kappa shape index (κ1) is 22.9. The van der Waals surface area contributed by atoms with E-state index in [1.54, 1.807) is 0 Å². The molecular weight excluding hydrogens is 492 g/mol. The van der Waals surface area contributed by atoms with E-state index in [1.165, 1.54) is 11.1 Å². The van der Waals surface area contributed by atoms with Crippen molar-refractivity contribution in [3.63, 3.8) is 0 Å². The first-order valence-corrected chi connectivity index (χ1v) is 12.6. The number of ether oxygens (including phenoxy) is 2. The summed E-state index contributed by atoms with van der Waals surface area (Å²) in [6.07, 6.45) is 1.82. The molecular formula is C28H25ClN4O2S. The summed E-state index contributed by atoms with van der Waals surface area (Å²) in [5.41, 5.74) is 7.60. The van der Waals surface area contributed by atoms with E-state index >= 15 is 0 Å². The average molecular weight is 517 g/mol. The quantitative estimate of drug-likeness (QED) is 0.319. The summed E-state index contributed by atoms with van der Waals surface area (Å²) in [5, 5.41) is 4.90. The Morgan fingerprint density at radius 3 is 2.56 bits per heavy atom. The van der Waals surface area contributed by atoms with Gasteiger partial charge in [-0.25, -0.2) is 0 Å². The summed E-state index contributed by atoms with van der Waals surface area (Å²) in [6.45, 7) is 6.70. The van der Waals surface area contributed by atoms with Crippen molar-refractivity contribution in [3.05, 3.63) is 100 Å². The maximum atomic E-state index is 6.37. The molecule has 36 heavy (non-hydrogen) atoms. The molecule has 2 aliphatic heterocycles. The van der Waals surface area contributed by atoms with Crippen LogP contribution in [0, 0.1) is 20.8 Å². The summed E-state index contributed by atoms with van der Waals surface area (Å²) < 4.78 is 13.5. The van der Waals surface area contributed by atoms with E-state index in [1.807, 2.05) is 60.8 Å². The summed E-state index contributed by atoms with van der Waals surface area (Å²) in [5.74, 6) is 1.46. The number of hydrogen-bond acceptors (Lipinski definition) is 4. The fraction of sp³-hybridized carbons (Fsp3) is 0.214. The van der Waals surface area contributed by atoms with E-state index < -0.39 is 0 Å². The Labute approximate surface area is 220 Å². The van der Waals surface area contributed by atoms with Crippen molar-refractivity contribution >= 4 is 34.6 Å². The Hall–Kier alpha value is -3.55. The molecule has 2 aromatic heterocycles. The van der Waals surface area contributed by atoms with E-state index in [0.29, 0.717) is 10.1 Å². The zero-order chi connectivity index (χ0) is 25.0. The van der Waals surface area contributed by atoms with Gasteiger partial charge in [-0.2, -0.15) is 0 Å². The monoisotopic (exact) mass is 516 g/mol. The lowest BCUT2D eigenvalue weighted by atomic mass is 9.93. The number of halogens is 1. The zero-order valence-electron chi connectivity index (χ0n) is 20.2. The van der Waals surface area contributed by atoms with Gasteiger partial charge in [-0.05, 0) is 81.0 Å². The number of hydrogen-bond donors (Lipinski definition) is 1. The van der Waals surface area contributed by atoms with Crippen molar-refractivity contribution in [1.29, 1.82) is 0 Å². The molecule has 1 N–H and O–H groups in total. The number of nitrogens with zero attached hydrogens (tertiary/aromatic N) is 3. The molecule has 0 radical (unpaired) electrons. The first-order valence-electron chi connectivity index (χ1n) is 11.8. The summed E-state index contributed by atoms with van der Waals surface area (Å²) in [7, 11) is 0. The maximum absolute atomic E-state index is 6.37. The SMILES string of the molecule is Cc1c([C@@H]2[C@@H](c3ccccn3)NC(=S)N2c2ccc3c(c2)OCO3)c(C)n(-c2cccc(Cl)c2)c1C. The van der Waals surface area contributed by atoms with E-state index in [4.69, 9.17) is 38.3 Å². The molecule has 0 amide bonds. The number of rotatable bonds is 4. The van der Waals surface area contributed by atoms with Crippen molar-refractivity contribution in [2.45, 2.75) is 32.9 Å². The number of pyridine rings is 1. The number of aromatic nitrogens is 2. The molecule has 0 spiro atoms. The molecule has 6 nitrogen and oxygen atoms in total. The number of nitrogens with one attached hydrogen (secondary N) is 1. The fourth-order valence-electron chi connectivity index (χ4n) is 5.41. The fourth-order valence-corrected chi connectivity index (χ4v) is 5.94. The Bertz CT molecular complexity index is 1490. The van der Waals surface area contributed by atoms with Crippen LogP contribution < -0.4 is 19.7 Å². The highest BCUT2D eigenvalue weighted by atomic mass is 35.5. The van der Waals surface area contributed by atoms with Gasteiger partial charge >= 0.3 is 0 Å². The molecule has 1 saturated heterocycles. The van der Waals surface area contributed by atoms with Crippen molar-refractivity contribution < 1.29 is 9.47 Å². The van der Waals surface area contributed by atoms with Gasteiger partial charge in [0.25, 0.3) is 0 Å². The molecule has 2 aromatic carbocycles. The Morgan fingerprint density at radius 1 is 0.944 bits per heavy atom. The molecule has 4 heterocycles. The third-order valence-corrected chi connectivity index (χ3v) is 7.65. The summed E-state index contributed by atoms with van der Waals surface area (Å²) >= 11 is 12.3. The third kappa shape index (κ3) is 3.62. The molecule has 6 rings (SSSR count). The molecule has 0 unspecified atom stereocenters. The van der Waals surface area contributed by atoms with Crippen LogP contribution in [0.25, 0.3) is 5.69 Å². The first-order chi connectivity index (χ1) is 17.4. The predicted octanol–water partition coefficient (Wildman–Crippen LogP) is 6.36. The van der Waals surface area contributed by atoms with Crippen molar-refractivity contribution in [1.82, 2.24) is 14.9 Å². The highest BCUT2D eigenvalue weighted by molar-refractivity contribution is 7.80. The van der Waals surface area contributed by atoms with Gasteiger partial charge in [-0.15, -0.1) is 0 Å². The van der Waals surface area contributed by atoms with Gasteiger partial charge < -0.3 is 24.3 Å². The number of benzene rings is 2. The minimum Gasteiger partial charge on any atom is -0.454 e. The van der Waals surface area contributed by atoms with Crippen molar-refractivity contribution in [2.24, 2.45) is 0 Å². The standard InChI is InChI=1S/C28H25ClN4O2S/c1-16-17(2)32(20-8-6-7-19(29)13-20)18(3)25(16)27-26(22-9-4-5-12-30-22)31-28(36)33(27)21-10-11-23-24(14-21)35-15-34-23/h4-14,26-27H,15H2,1-3H3,(H,31,36)/t26-,27-/m1/s1. The van der Waals surface area contributed by atoms with E-state index in [0.717, 1.165) is 40.0 Å². The highest BCUT2D eigenvalue weighted by Gasteiger charge is 2.43. The van der Waals surface area contributed by atoms with Crippen LogP contribution in [0.3, 0.4) is 0 Å². The number of anilines is 1. The van der Waals surface area contributed by atoms with E-state index in [9.17, 15) is 0 Å². The maximum Gasteiger partial charge on any atom is 0.231 e. The number of thiocarbonyl (C=S) groups is 1. The second kappa shape index (κ2) is 8.84. The molecule has 0 aliphatic carbocycles. The van der Waals surface area contributed by atoms with Crippen molar-refractivity contribution in [3.8, 4) is 17.2 Å². The molecule has 4 aromatic rings. The van der Waals surface area contributed by atoms with Gasteiger partial charge in [0.1, 0.15) is 0 Å². The van der Waals surface area contributed by atoms with Crippen molar-refractivity contribution in [2.75, 3.05) is 11.7 Å². The van der Waals surface area contributed by atoms with Crippen LogP contribution in [0.15, 0.2) is 66.9 Å². The summed E-state index contributed by atoms with van der Waals surface area (Å²) in [4.78, 5) is 6.87. The minimum absolute atomic E-state index is 0.132. The van der Waals surface area contributed by atoms with E-state index in [-0.39, 0.29) is 18.9 Å². The van der Waals surface area contributed by atoms with Crippen LogP contribution in [0.2, 0.25) is 5.02 Å². The highest BCUT2D eigenvalue weighted by Crippen LogP contribution is 2.47. The number of fused-ring (bicyclic) bond motifs is 1. The van der Waals surface area contributed by atoms with Crippen LogP contribution in [0.1, 0.15) is 40.3 Å².